The van der Waals surface area contributed by atoms with Crippen molar-refractivity contribution in [2.45, 2.75) is 110 Å². The molecule has 202 valence electrons. The van der Waals surface area contributed by atoms with Gasteiger partial charge in [-0.2, -0.15) is 0 Å². The summed E-state index contributed by atoms with van der Waals surface area (Å²) >= 11 is 7.27. The van der Waals surface area contributed by atoms with E-state index in [9.17, 15) is 15.0 Å². The summed E-state index contributed by atoms with van der Waals surface area (Å²) in [5, 5.41) is 24.9. The maximum atomic E-state index is 13.1. The molecule has 1 unspecified atom stereocenters. The fourth-order valence-electron chi connectivity index (χ4n) is 5.29. The van der Waals surface area contributed by atoms with Crippen molar-refractivity contribution < 1.29 is 24.5 Å². The van der Waals surface area contributed by atoms with Crippen molar-refractivity contribution in [3.8, 4) is 0 Å². The number of nitrogens with zero attached hydrogens (tertiary/aromatic N) is 1. The SMILES string of the molecule is C/C(=C\c1csc(C)n1)[C@H]1OC(=O)C[C@H](O)C(C)(C)C(=S)[C@H](C)[C@@H](O)[C@@H](C)CCC[C@@]2(C)O[C@H]2C1N. The van der Waals surface area contributed by atoms with Crippen LogP contribution in [0.4, 0.5) is 0 Å². The number of ether oxygens (including phenoxy) is 2. The van der Waals surface area contributed by atoms with E-state index in [4.69, 9.17) is 27.4 Å². The predicted octanol–water partition coefficient (Wildman–Crippen LogP) is 4.22. The first-order valence-corrected chi connectivity index (χ1v) is 14.1. The smallest absolute Gasteiger partial charge is 0.309 e. The standard InChI is InChI=1S/C27H42N2O5S2/c1-14-9-8-10-27(7)24(34-27)21(28)23(15(2)11-18-13-36-17(4)29-18)33-20(31)12-19(30)26(5,6)25(35)16(3)22(14)32/h11,13-14,16,19,21-24,30,32H,8-10,12,28H2,1-7H3/b15-11+/t14-,16+,19-,21?,22-,23+,24-,27+/m0/s1. The molecule has 2 fully saturated rings. The first-order valence-electron chi connectivity index (χ1n) is 12.8. The molecule has 2 aliphatic rings. The number of nitrogens with two attached hydrogens (primary N) is 1. The van der Waals surface area contributed by atoms with Gasteiger partial charge >= 0.3 is 5.97 Å². The molecule has 3 heterocycles. The Kier molecular flexibility index (Phi) is 9.17. The Morgan fingerprint density at radius 1 is 1.31 bits per heavy atom. The first kappa shape index (κ1) is 29.3. The van der Waals surface area contributed by atoms with Crippen molar-refractivity contribution in [3.63, 3.8) is 0 Å². The highest BCUT2D eigenvalue weighted by molar-refractivity contribution is 7.80. The number of rotatable bonds is 2. The van der Waals surface area contributed by atoms with Crippen LogP contribution in [0.2, 0.25) is 0 Å². The Bertz CT molecular complexity index is 993. The van der Waals surface area contributed by atoms with Crippen molar-refractivity contribution in [3.05, 3.63) is 21.7 Å². The number of cyclic esters (lactones) is 1. The van der Waals surface area contributed by atoms with Gasteiger partial charge in [-0.05, 0) is 51.2 Å². The van der Waals surface area contributed by atoms with Crippen LogP contribution in [0.1, 0.15) is 77.9 Å². The van der Waals surface area contributed by atoms with E-state index in [0.29, 0.717) is 4.86 Å². The minimum absolute atomic E-state index is 0.0257. The third kappa shape index (κ3) is 6.42. The number of carbonyl (C=O) groups is 1. The Morgan fingerprint density at radius 2 is 1.97 bits per heavy atom. The van der Waals surface area contributed by atoms with Crippen LogP contribution in [0.25, 0.3) is 6.08 Å². The molecule has 0 aromatic carbocycles. The zero-order chi connectivity index (χ0) is 27.0. The molecular formula is C27H42N2O5S2. The summed E-state index contributed by atoms with van der Waals surface area (Å²) in [5.74, 6) is -0.841. The van der Waals surface area contributed by atoms with Crippen molar-refractivity contribution >= 4 is 40.5 Å². The largest absolute Gasteiger partial charge is 0.456 e. The summed E-state index contributed by atoms with van der Waals surface area (Å²) in [6.07, 6.45) is 1.43. The Morgan fingerprint density at radius 3 is 2.58 bits per heavy atom. The molecule has 36 heavy (non-hydrogen) atoms. The van der Waals surface area contributed by atoms with Crippen molar-refractivity contribution in [2.75, 3.05) is 0 Å². The number of fused-ring (bicyclic) bond motifs is 1. The van der Waals surface area contributed by atoms with Gasteiger partial charge < -0.3 is 25.4 Å². The summed E-state index contributed by atoms with van der Waals surface area (Å²) in [6, 6.07) is -0.572. The lowest BCUT2D eigenvalue weighted by Gasteiger charge is -2.37. The minimum atomic E-state index is -1.07. The molecule has 0 amide bonds. The molecule has 0 radical (unpaired) electrons. The van der Waals surface area contributed by atoms with Gasteiger partial charge in [0.15, 0.2) is 0 Å². The fourth-order valence-corrected chi connectivity index (χ4v) is 6.13. The highest BCUT2D eigenvalue weighted by Crippen LogP contribution is 2.44. The number of epoxide rings is 1. The molecular weight excluding hydrogens is 496 g/mol. The normalized spacial score (nSPS) is 38.8. The Labute approximate surface area is 224 Å². The maximum absolute atomic E-state index is 13.1. The van der Waals surface area contributed by atoms with E-state index in [1.165, 1.54) is 0 Å². The third-order valence-electron chi connectivity index (χ3n) is 8.03. The number of esters is 1. The van der Waals surface area contributed by atoms with E-state index in [1.807, 2.05) is 59.9 Å². The quantitative estimate of drug-likeness (QED) is 0.291. The highest BCUT2D eigenvalue weighted by Gasteiger charge is 2.57. The van der Waals surface area contributed by atoms with E-state index in [2.05, 4.69) is 4.98 Å². The molecule has 1 aromatic heterocycles. The second-order valence-corrected chi connectivity index (χ2v) is 13.0. The van der Waals surface area contributed by atoms with Gasteiger partial charge in [0.2, 0.25) is 0 Å². The number of carbonyl (C=O) groups excluding carboxylic acids is 1. The zero-order valence-electron chi connectivity index (χ0n) is 22.5. The third-order valence-corrected chi connectivity index (χ3v) is 9.72. The summed E-state index contributed by atoms with van der Waals surface area (Å²) in [7, 11) is 0. The van der Waals surface area contributed by atoms with Crippen LogP contribution < -0.4 is 5.73 Å². The lowest BCUT2D eigenvalue weighted by molar-refractivity contribution is -0.151. The molecule has 0 bridgehead atoms. The number of hydrogen-bond acceptors (Lipinski definition) is 9. The zero-order valence-corrected chi connectivity index (χ0v) is 24.1. The van der Waals surface area contributed by atoms with Crippen LogP contribution in [0.3, 0.4) is 0 Å². The number of thiazole rings is 1. The number of aromatic nitrogens is 1. The minimum Gasteiger partial charge on any atom is -0.456 e. The van der Waals surface area contributed by atoms with Gasteiger partial charge in [0.1, 0.15) is 12.2 Å². The Balaban J connectivity index is 1.91. The predicted molar refractivity (Wildman–Crippen MR) is 147 cm³/mol. The van der Waals surface area contributed by atoms with Crippen LogP contribution in [0, 0.1) is 24.2 Å². The fraction of sp³-hybridized carbons (Fsp3) is 0.741. The number of hydrogen-bond donors (Lipinski definition) is 3. The molecule has 1 aromatic rings. The van der Waals surface area contributed by atoms with Crippen molar-refractivity contribution in [1.82, 2.24) is 4.98 Å². The monoisotopic (exact) mass is 538 g/mol. The lowest BCUT2D eigenvalue weighted by atomic mass is 9.73. The average molecular weight is 539 g/mol. The number of thiocarbonyl (C=S) groups is 1. The van der Waals surface area contributed by atoms with E-state index in [1.54, 1.807) is 11.3 Å². The number of aliphatic hydroxyl groups is 2. The van der Waals surface area contributed by atoms with Crippen LogP contribution in [-0.4, -0.2) is 62.1 Å². The van der Waals surface area contributed by atoms with Crippen LogP contribution in [-0.2, 0) is 14.3 Å². The molecule has 9 heteroatoms. The van der Waals surface area contributed by atoms with Gasteiger partial charge in [0.05, 0.1) is 41.0 Å². The van der Waals surface area contributed by atoms with E-state index in [-0.39, 0.29) is 24.4 Å². The summed E-state index contributed by atoms with van der Waals surface area (Å²) in [5.41, 5.74) is 6.95. The van der Waals surface area contributed by atoms with E-state index in [0.717, 1.165) is 35.5 Å². The molecule has 0 aliphatic carbocycles. The van der Waals surface area contributed by atoms with Crippen molar-refractivity contribution in [2.24, 2.45) is 23.0 Å². The van der Waals surface area contributed by atoms with Gasteiger partial charge in [-0.3, -0.25) is 4.79 Å². The molecule has 2 saturated heterocycles. The number of aryl methyl sites for hydroxylation is 1. The van der Waals surface area contributed by atoms with Gasteiger partial charge in [0, 0.05) is 21.6 Å². The Hall–Kier alpha value is -1.23. The summed E-state index contributed by atoms with van der Waals surface area (Å²) < 4.78 is 12.0. The number of aliphatic hydroxyl groups excluding tert-OH is 2. The van der Waals surface area contributed by atoms with Crippen LogP contribution in [0.15, 0.2) is 11.0 Å². The van der Waals surface area contributed by atoms with Gasteiger partial charge in [0.25, 0.3) is 0 Å². The molecule has 7 nitrogen and oxygen atoms in total. The van der Waals surface area contributed by atoms with E-state index < -0.39 is 41.3 Å². The van der Waals surface area contributed by atoms with Crippen LogP contribution >= 0.6 is 23.6 Å². The van der Waals surface area contributed by atoms with Gasteiger partial charge in [-0.25, -0.2) is 4.98 Å². The molecule has 3 rings (SSSR count). The molecule has 4 N–H and O–H groups in total. The van der Waals surface area contributed by atoms with E-state index >= 15 is 0 Å². The lowest BCUT2D eigenvalue weighted by Crippen LogP contribution is -2.47. The molecule has 2 aliphatic heterocycles. The summed E-state index contributed by atoms with van der Waals surface area (Å²) in [4.78, 5) is 18.1. The summed E-state index contributed by atoms with van der Waals surface area (Å²) in [6.45, 7) is 13.4. The van der Waals surface area contributed by atoms with Crippen molar-refractivity contribution in [1.29, 1.82) is 0 Å². The first-order chi connectivity index (χ1) is 16.7. The molecule has 0 spiro atoms. The second-order valence-electron chi connectivity index (χ2n) is 11.5. The highest BCUT2D eigenvalue weighted by atomic mass is 32.1. The molecule has 0 saturated carbocycles. The molecule has 8 atom stereocenters. The van der Waals surface area contributed by atoms with Crippen LogP contribution in [0.5, 0.6) is 0 Å². The van der Waals surface area contributed by atoms with Gasteiger partial charge in [-0.1, -0.05) is 46.3 Å². The second kappa shape index (κ2) is 11.3. The average Bonchev–Trinajstić information content (AvgIpc) is 3.31. The van der Waals surface area contributed by atoms with Gasteiger partial charge in [-0.15, -0.1) is 11.3 Å². The maximum Gasteiger partial charge on any atom is 0.309 e. The topological polar surface area (TPSA) is 118 Å².